The maximum absolute atomic E-state index is 6.65. The second-order valence-corrected chi connectivity index (χ2v) is 15.1. The molecule has 0 saturated carbocycles. The van der Waals surface area contributed by atoms with Crippen LogP contribution >= 0.6 is 11.8 Å². The summed E-state index contributed by atoms with van der Waals surface area (Å²) < 4.78 is 11.5. The van der Waals surface area contributed by atoms with E-state index in [2.05, 4.69) is 156 Å². The SMILES string of the molecule is Cn1c(-c2cccc(Oc3cccc(-n4c5ncccc5c5ccc6c(c54)Sc4ccccc4[N+]6(c4ccccc4)c4ccccc4)c3)c2)nc2ccccc21. The average Bonchev–Trinajstić information content (AvgIpc) is 3.78. The maximum atomic E-state index is 6.65. The lowest BCUT2D eigenvalue weighted by atomic mass is 10.0. The van der Waals surface area contributed by atoms with Crippen LogP contribution in [0.15, 0.2) is 198 Å². The number of para-hydroxylation sites is 5. The summed E-state index contributed by atoms with van der Waals surface area (Å²) in [5, 5.41) is 2.25. The van der Waals surface area contributed by atoms with Crippen LogP contribution in [0.1, 0.15) is 0 Å². The Labute approximate surface area is 328 Å². The molecule has 266 valence electrons. The molecule has 56 heavy (non-hydrogen) atoms. The van der Waals surface area contributed by atoms with E-state index in [0.29, 0.717) is 4.48 Å². The van der Waals surface area contributed by atoms with Crippen molar-refractivity contribution < 1.29 is 4.74 Å². The van der Waals surface area contributed by atoms with Gasteiger partial charge in [-0.05, 0) is 60.7 Å². The Kier molecular flexibility index (Phi) is 7.45. The van der Waals surface area contributed by atoms with Crippen molar-refractivity contribution in [3.05, 3.63) is 188 Å². The summed E-state index contributed by atoms with van der Waals surface area (Å²) >= 11 is 1.83. The first kappa shape index (κ1) is 32.5. The van der Waals surface area contributed by atoms with Crippen molar-refractivity contribution in [2.45, 2.75) is 9.79 Å². The van der Waals surface area contributed by atoms with Crippen molar-refractivity contribution in [3.8, 4) is 28.6 Å². The molecule has 7 aromatic carbocycles. The molecule has 3 aromatic heterocycles. The fraction of sp³-hybridized carbons (Fsp3) is 0.0204. The van der Waals surface area contributed by atoms with E-state index in [0.717, 1.165) is 61.5 Å². The van der Waals surface area contributed by atoms with Gasteiger partial charge in [0.2, 0.25) is 0 Å². The van der Waals surface area contributed by atoms with Crippen LogP contribution in [0.5, 0.6) is 11.5 Å². The molecule has 0 atom stereocenters. The van der Waals surface area contributed by atoms with Gasteiger partial charge in [-0.3, -0.25) is 4.57 Å². The topological polar surface area (TPSA) is 44.9 Å². The van der Waals surface area contributed by atoms with Crippen LogP contribution in [-0.4, -0.2) is 19.1 Å². The van der Waals surface area contributed by atoms with E-state index in [9.17, 15) is 0 Å². The van der Waals surface area contributed by atoms with Gasteiger partial charge in [0.1, 0.15) is 34.3 Å². The highest BCUT2D eigenvalue weighted by molar-refractivity contribution is 8.00. The predicted octanol–water partition coefficient (Wildman–Crippen LogP) is 13.3. The van der Waals surface area contributed by atoms with E-state index >= 15 is 0 Å². The molecule has 4 heterocycles. The summed E-state index contributed by atoms with van der Waals surface area (Å²) in [4.78, 5) is 12.4. The molecular weight excluding hydrogens is 707 g/mol. The number of pyridine rings is 1. The molecule has 11 rings (SSSR count). The minimum atomic E-state index is 0.454. The van der Waals surface area contributed by atoms with Gasteiger partial charge < -0.3 is 9.30 Å². The van der Waals surface area contributed by atoms with E-state index in [1.54, 1.807) is 0 Å². The van der Waals surface area contributed by atoms with E-state index in [-0.39, 0.29) is 0 Å². The third-order valence-corrected chi connectivity index (χ3v) is 12.1. The smallest absolute Gasteiger partial charge is 0.164 e. The van der Waals surface area contributed by atoms with Crippen LogP contribution in [0.3, 0.4) is 0 Å². The lowest BCUT2D eigenvalue weighted by Crippen LogP contribution is -2.35. The number of nitrogens with zero attached hydrogens (tertiary/aromatic N) is 5. The van der Waals surface area contributed by atoms with Crippen molar-refractivity contribution in [2.24, 2.45) is 7.05 Å². The zero-order valence-corrected chi connectivity index (χ0v) is 31.3. The highest BCUT2D eigenvalue weighted by Crippen LogP contribution is 2.63. The molecule has 0 saturated heterocycles. The van der Waals surface area contributed by atoms with Crippen molar-refractivity contribution in [2.75, 3.05) is 0 Å². The van der Waals surface area contributed by atoms with E-state index in [1.165, 1.54) is 32.5 Å². The Morgan fingerprint density at radius 2 is 1.30 bits per heavy atom. The molecule has 7 heteroatoms. The minimum absolute atomic E-state index is 0.454. The van der Waals surface area contributed by atoms with E-state index in [4.69, 9.17) is 14.7 Å². The van der Waals surface area contributed by atoms with Gasteiger partial charge in [-0.1, -0.05) is 90.6 Å². The number of benzene rings is 7. The third-order valence-electron chi connectivity index (χ3n) is 10.9. The standard InChI is InChI=1S/C49H34N5OS/c1-52-42-25-9-8-24-41(42)51-48(52)33-15-12-21-37(31-33)55-38-22-13-16-34(32-38)53-46-39(40-23-14-30-50-49(40)53)28-29-44-47(46)56-45-27-11-10-26-43(45)54(44,35-17-4-2-5-18-35)36-19-6-3-7-20-36/h2-32H,1H3/q+1. The molecule has 0 aliphatic carbocycles. The van der Waals surface area contributed by atoms with Crippen LogP contribution in [0, 0.1) is 0 Å². The first-order chi connectivity index (χ1) is 27.7. The van der Waals surface area contributed by atoms with Gasteiger partial charge >= 0.3 is 0 Å². The summed E-state index contributed by atoms with van der Waals surface area (Å²) in [5.41, 5.74) is 10.8. The van der Waals surface area contributed by atoms with Gasteiger partial charge in [0.05, 0.1) is 32.0 Å². The summed E-state index contributed by atoms with van der Waals surface area (Å²) in [7, 11) is 2.06. The van der Waals surface area contributed by atoms with Gasteiger partial charge in [-0.15, -0.1) is 0 Å². The van der Waals surface area contributed by atoms with Crippen LogP contribution < -0.4 is 9.22 Å². The second kappa shape index (κ2) is 12.8. The highest BCUT2D eigenvalue weighted by atomic mass is 32.2. The average molecular weight is 741 g/mol. The Bertz CT molecular complexity index is 3080. The molecule has 0 unspecified atom stereocenters. The van der Waals surface area contributed by atoms with Crippen LogP contribution in [-0.2, 0) is 7.05 Å². The first-order valence-electron chi connectivity index (χ1n) is 18.7. The monoisotopic (exact) mass is 740 g/mol. The quantitative estimate of drug-likeness (QED) is 0.159. The number of fused-ring (bicyclic) bond motifs is 7. The normalized spacial score (nSPS) is 13.2. The molecular formula is C49H34N5OS+. The number of aryl methyl sites for hydroxylation is 1. The predicted molar refractivity (Wildman–Crippen MR) is 229 cm³/mol. The number of rotatable bonds is 6. The highest BCUT2D eigenvalue weighted by Gasteiger charge is 2.47. The van der Waals surface area contributed by atoms with Gasteiger partial charge in [0.15, 0.2) is 11.4 Å². The van der Waals surface area contributed by atoms with Gasteiger partial charge in [-0.25, -0.2) is 9.97 Å². The van der Waals surface area contributed by atoms with Crippen molar-refractivity contribution in [1.29, 1.82) is 0 Å². The molecule has 10 aromatic rings. The fourth-order valence-electron chi connectivity index (χ4n) is 8.50. The van der Waals surface area contributed by atoms with Gasteiger partial charge in [0, 0.05) is 72.0 Å². The Hall–Kier alpha value is -6.93. The maximum Gasteiger partial charge on any atom is 0.164 e. The summed E-state index contributed by atoms with van der Waals surface area (Å²) in [6.07, 6.45) is 1.88. The summed E-state index contributed by atoms with van der Waals surface area (Å²) in [6, 6.07) is 64.1. The number of hydrogen-bond donors (Lipinski definition) is 0. The second-order valence-electron chi connectivity index (χ2n) is 14.0. The van der Waals surface area contributed by atoms with Crippen molar-refractivity contribution >= 4 is 67.5 Å². The molecule has 1 aliphatic rings. The molecule has 0 spiro atoms. The molecule has 0 bridgehead atoms. The summed E-state index contributed by atoms with van der Waals surface area (Å²) in [6.45, 7) is 0. The lowest BCUT2D eigenvalue weighted by molar-refractivity contribution is 0.482. The van der Waals surface area contributed by atoms with Crippen molar-refractivity contribution in [3.63, 3.8) is 0 Å². The first-order valence-corrected chi connectivity index (χ1v) is 19.5. The minimum Gasteiger partial charge on any atom is -0.457 e. The Morgan fingerprint density at radius 3 is 2.11 bits per heavy atom. The molecule has 0 radical (unpaired) electrons. The van der Waals surface area contributed by atoms with Crippen LogP contribution in [0.2, 0.25) is 0 Å². The number of imidazole rings is 1. The molecule has 1 aliphatic heterocycles. The Balaban J connectivity index is 1.11. The zero-order valence-electron chi connectivity index (χ0n) is 30.5. The van der Waals surface area contributed by atoms with Gasteiger partial charge in [-0.2, -0.15) is 4.48 Å². The summed E-state index contributed by atoms with van der Waals surface area (Å²) in [5.74, 6) is 2.37. The fourth-order valence-corrected chi connectivity index (χ4v) is 9.78. The van der Waals surface area contributed by atoms with E-state index < -0.39 is 0 Å². The molecule has 0 amide bonds. The molecule has 0 fully saturated rings. The van der Waals surface area contributed by atoms with E-state index in [1.807, 2.05) is 60.4 Å². The third kappa shape index (κ3) is 4.88. The van der Waals surface area contributed by atoms with Crippen molar-refractivity contribution in [1.82, 2.24) is 23.6 Å². The Morgan fingerprint density at radius 1 is 0.589 bits per heavy atom. The zero-order chi connectivity index (χ0) is 37.2. The number of aromatic nitrogens is 4. The molecule has 6 nitrogen and oxygen atoms in total. The van der Waals surface area contributed by atoms with Gasteiger partial charge in [0.25, 0.3) is 0 Å². The molecule has 0 N–H and O–H groups in total. The number of hydrogen-bond acceptors (Lipinski definition) is 4. The lowest BCUT2D eigenvalue weighted by Gasteiger charge is -2.41. The largest absolute Gasteiger partial charge is 0.457 e. The van der Waals surface area contributed by atoms with Crippen LogP contribution in [0.25, 0.3) is 50.0 Å². The number of ether oxygens (including phenoxy) is 1. The van der Waals surface area contributed by atoms with Crippen LogP contribution in [0.4, 0.5) is 22.7 Å². The number of quaternary nitrogens is 1.